The second-order valence-corrected chi connectivity index (χ2v) is 5.27. The van der Waals surface area contributed by atoms with Crippen molar-refractivity contribution in [3.8, 4) is 5.75 Å². The van der Waals surface area contributed by atoms with Gasteiger partial charge in [0, 0.05) is 26.2 Å². The van der Waals surface area contributed by atoms with Crippen molar-refractivity contribution in [1.82, 2.24) is 9.80 Å². The molecule has 1 aromatic rings. The van der Waals surface area contributed by atoms with Gasteiger partial charge < -0.3 is 14.5 Å². The van der Waals surface area contributed by atoms with Crippen LogP contribution in [0.1, 0.15) is 6.42 Å². The molecule has 0 spiro atoms. The number of carbonyl (C=O) groups is 2. The Morgan fingerprint density at radius 1 is 1.00 bits per heavy atom. The third-order valence-electron chi connectivity index (χ3n) is 3.52. The molecule has 0 N–H and O–H groups in total. The van der Waals surface area contributed by atoms with Gasteiger partial charge in [-0.3, -0.25) is 9.59 Å². The van der Waals surface area contributed by atoms with Crippen LogP contribution >= 0.6 is 0 Å². The topological polar surface area (TPSA) is 49.9 Å². The third kappa shape index (κ3) is 5.10. The highest BCUT2D eigenvalue weighted by Crippen LogP contribution is 2.21. The quantitative estimate of drug-likeness (QED) is 0.780. The van der Waals surface area contributed by atoms with E-state index in [1.165, 1.54) is 23.1 Å². The molecule has 0 radical (unpaired) electrons. The molecule has 0 aliphatic carbocycles. The molecule has 1 aliphatic heterocycles. The van der Waals surface area contributed by atoms with Crippen LogP contribution in [0.4, 0.5) is 17.6 Å². The summed E-state index contributed by atoms with van der Waals surface area (Å²) in [6.07, 6.45) is -6.05. The molecule has 2 rings (SSSR count). The molecule has 1 aliphatic rings. The predicted molar refractivity (Wildman–Crippen MR) is 75.7 cm³/mol. The Labute approximate surface area is 135 Å². The van der Waals surface area contributed by atoms with E-state index in [4.69, 9.17) is 4.74 Å². The molecule has 2 amide bonds. The molecule has 0 atom stereocenters. The molecule has 0 aromatic heterocycles. The Morgan fingerprint density at radius 3 is 2.08 bits per heavy atom. The van der Waals surface area contributed by atoms with Crippen molar-refractivity contribution in [3.05, 3.63) is 30.1 Å². The molecular weight excluding hydrogens is 332 g/mol. The van der Waals surface area contributed by atoms with Crippen LogP contribution < -0.4 is 4.74 Å². The van der Waals surface area contributed by atoms with Crippen LogP contribution in [0.3, 0.4) is 0 Å². The maximum atomic E-state index is 13.4. The highest BCUT2D eigenvalue weighted by molar-refractivity contribution is 5.79. The Hall–Kier alpha value is -2.32. The number of halogens is 4. The number of rotatable bonds is 4. The minimum atomic E-state index is -4.54. The van der Waals surface area contributed by atoms with Gasteiger partial charge in [-0.2, -0.15) is 13.2 Å². The molecule has 132 valence electrons. The summed E-state index contributed by atoms with van der Waals surface area (Å²) in [7, 11) is 0. The number of carbonyl (C=O) groups excluding carboxylic acids is 2. The summed E-state index contributed by atoms with van der Waals surface area (Å²) in [6, 6.07) is 5.64. The summed E-state index contributed by atoms with van der Waals surface area (Å²) >= 11 is 0. The number of hydrogen-bond donors (Lipinski definition) is 0. The van der Waals surface area contributed by atoms with Crippen LogP contribution in [0, 0.1) is 5.82 Å². The average Bonchev–Trinajstić information content (AvgIpc) is 2.52. The van der Waals surface area contributed by atoms with Crippen LogP contribution in [0.15, 0.2) is 24.3 Å². The molecule has 9 heteroatoms. The molecule has 1 saturated heterocycles. The maximum Gasteiger partial charge on any atom is 0.397 e. The van der Waals surface area contributed by atoms with Gasteiger partial charge in [-0.15, -0.1) is 0 Å². The monoisotopic (exact) mass is 348 g/mol. The van der Waals surface area contributed by atoms with Crippen LogP contribution in [0.5, 0.6) is 5.75 Å². The number of amides is 2. The standard InChI is InChI=1S/C15H16F4N2O3/c16-11-3-1-2-4-12(11)24-10-14(23)21-7-5-20(6-8-21)13(22)9-15(17,18)19/h1-4H,5-10H2. The van der Waals surface area contributed by atoms with Crippen LogP contribution in [-0.2, 0) is 9.59 Å². The zero-order chi connectivity index (χ0) is 17.7. The predicted octanol–water partition coefficient (Wildman–Crippen LogP) is 1.83. The molecular formula is C15H16F4N2O3. The Bertz CT molecular complexity index is 599. The normalized spacial score (nSPS) is 15.3. The van der Waals surface area contributed by atoms with Gasteiger partial charge in [-0.05, 0) is 12.1 Å². The van der Waals surface area contributed by atoms with Crippen LogP contribution in [0.25, 0.3) is 0 Å². The molecule has 1 fully saturated rings. The number of piperazine rings is 1. The van der Waals surface area contributed by atoms with E-state index in [-0.39, 0.29) is 38.5 Å². The van der Waals surface area contributed by atoms with Crippen molar-refractivity contribution < 1.29 is 31.9 Å². The first-order valence-corrected chi connectivity index (χ1v) is 7.26. The summed E-state index contributed by atoms with van der Waals surface area (Å²) in [5.41, 5.74) is 0. The zero-order valence-electron chi connectivity index (χ0n) is 12.7. The highest BCUT2D eigenvalue weighted by Gasteiger charge is 2.34. The van der Waals surface area contributed by atoms with E-state index in [0.29, 0.717) is 0 Å². The SMILES string of the molecule is O=C(COc1ccccc1F)N1CCN(C(=O)CC(F)(F)F)CC1. The molecule has 1 aromatic carbocycles. The van der Waals surface area contributed by atoms with E-state index >= 15 is 0 Å². The second-order valence-electron chi connectivity index (χ2n) is 5.27. The summed E-state index contributed by atoms with van der Waals surface area (Å²) in [5, 5.41) is 0. The molecule has 5 nitrogen and oxygen atoms in total. The van der Waals surface area contributed by atoms with E-state index in [0.717, 1.165) is 4.90 Å². The molecule has 24 heavy (non-hydrogen) atoms. The number of alkyl halides is 3. The fourth-order valence-corrected chi connectivity index (χ4v) is 2.28. The van der Waals surface area contributed by atoms with Crippen molar-refractivity contribution in [2.45, 2.75) is 12.6 Å². The summed E-state index contributed by atoms with van der Waals surface area (Å²) < 4.78 is 55.1. The Balaban J connectivity index is 1.78. The first-order chi connectivity index (χ1) is 11.3. The minimum Gasteiger partial charge on any atom is -0.481 e. The van der Waals surface area contributed by atoms with Gasteiger partial charge in [-0.1, -0.05) is 12.1 Å². The van der Waals surface area contributed by atoms with Gasteiger partial charge >= 0.3 is 6.18 Å². The van der Waals surface area contributed by atoms with Gasteiger partial charge in [0.1, 0.15) is 6.42 Å². The number of nitrogens with zero attached hydrogens (tertiary/aromatic N) is 2. The van der Waals surface area contributed by atoms with Gasteiger partial charge in [0.05, 0.1) is 0 Å². The minimum absolute atomic E-state index is 0.0281. The number of ether oxygens (including phenoxy) is 1. The number of para-hydroxylation sites is 1. The summed E-state index contributed by atoms with van der Waals surface area (Å²) in [5.74, 6) is -2.06. The first-order valence-electron chi connectivity index (χ1n) is 7.26. The van der Waals surface area contributed by atoms with Gasteiger partial charge in [0.2, 0.25) is 5.91 Å². The van der Waals surface area contributed by atoms with Gasteiger partial charge in [0.15, 0.2) is 18.2 Å². The average molecular weight is 348 g/mol. The van der Waals surface area contributed by atoms with E-state index in [1.54, 1.807) is 6.07 Å². The molecule has 1 heterocycles. The van der Waals surface area contributed by atoms with E-state index in [9.17, 15) is 27.2 Å². The zero-order valence-corrected chi connectivity index (χ0v) is 12.7. The molecule has 0 unspecified atom stereocenters. The number of hydrogen-bond acceptors (Lipinski definition) is 3. The lowest BCUT2D eigenvalue weighted by molar-refractivity contribution is -0.163. The van der Waals surface area contributed by atoms with Crippen molar-refractivity contribution in [2.75, 3.05) is 32.8 Å². The van der Waals surface area contributed by atoms with Crippen molar-refractivity contribution in [1.29, 1.82) is 0 Å². The molecule has 0 bridgehead atoms. The number of benzene rings is 1. The van der Waals surface area contributed by atoms with E-state index < -0.39 is 30.2 Å². The molecule has 0 saturated carbocycles. The van der Waals surface area contributed by atoms with Crippen molar-refractivity contribution >= 4 is 11.8 Å². The summed E-state index contributed by atoms with van der Waals surface area (Å²) in [4.78, 5) is 25.9. The lowest BCUT2D eigenvalue weighted by atomic mass is 10.2. The van der Waals surface area contributed by atoms with E-state index in [1.807, 2.05) is 0 Å². The Morgan fingerprint density at radius 2 is 1.54 bits per heavy atom. The van der Waals surface area contributed by atoms with E-state index in [2.05, 4.69) is 0 Å². The second kappa shape index (κ2) is 7.50. The summed E-state index contributed by atoms with van der Waals surface area (Å²) in [6.45, 7) is -0.0930. The third-order valence-corrected chi connectivity index (χ3v) is 3.52. The smallest absolute Gasteiger partial charge is 0.397 e. The largest absolute Gasteiger partial charge is 0.481 e. The van der Waals surface area contributed by atoms with Crippen molar-refractivity contribution in [2.24, 2.45) is 0 Å². The fourth-order valence-electron chi connectivity index (χ4n) is 2.28. The van der Waals surface area contributed by atoms with Crippen LogP contribution in [-0.4, -0.2) is 60.6 Å². The lowest BCUT2D eigenvalue weighted by Gasteiger charge is -2.34. The van der Waals surface area contributed by atoms with Gasteiger partial charge in [-0.25, -0.2) is 4.39 Å². The lowest BCUT2D eigenvalue weighted by Crippen LogP contribution is -2.52. The maximum absolute atomic E-state index is 13.4. The fraction of sp³-hybridized carbons (Fsp3) is 0.467. The van der Waals surface area contributed by atoms with Crippen molar-refractivity contribution in [3.63, 3.8) is 0 Å². The Kier molecular flexibility index (Phi) is 5.63. The van der Waals surface area contributed by atoms with Crippen LogP contribution in [0.2, 0.25) is 0 Å². The first kappa shape index (κ1) is 18.0. The van der Waals surface area contributed by atoms with Gasteiger partial charge in [0.25, 0.3) is 5.91 Å². The highest BCUT2D eigenvalue weighted by atomic mass is 19.4.